The van der Waals surface area contributed by atoms with Crippen LogP contribution >= 0.6 is 31.9 Å². The van der Waals surface area contributed by atoms with E-state index in [2.05, 4.69) is 118 Å². The summed E-state index contributed by atoms with van der Waals surface area (Å²) in [5, 5.41) is 7.32. The summed E-state index contributed by atoms with van der Waals surface area (Å²) in [4.78, 5) is 47.8. The lowest BCUT2D eigenvalue weighted by Gasteiger charge is -2.35. The number of anilines is 2. The van der Waals surface area contributed by atoms with Crippen molar-refractivity contribution in [3.8, 4) is 0 Å². The summed E-state index contributed by atoms with van der Waals surface area (Å²) >= 11 is 7.94. The highest BCUT2D eigenvalue weighted by atomic mass is 79.9. The minimum atomic E-state index is -0.319. The summed E-state index contributed by atoms with van der Waals surface area (Å²) in [5.74, 6) is 0.0692. The van der Waals surface area contributed by atoms with Crippen LogP contribution in [0.5, 0.6) is 0 Å². The van der Waals surface area contributed by atoms with Crippen molar-refractivity contribution in [3.63, 3.8) is 0 Å². The van der Waals surface area contributed by atoms with Crippen LogP contribution in [0.15, 0.2) is 81.7 Å². The van der Waals surface area contributed by atoms with Crippen LogP contribution < -0.4 is 9.80 Å². The minimum absolute atomic E-state index is 0.00355. The Kier molecular flexibility index (Phi) is 8.34. The van der Waals surface area contributed by atoms with Gasteiger partial charge in [0.15, 0.2) is 0 Å². The first-order valence-corrected chi connectivity index (χ1v) is 20.9. The van der Waals surface area contributed by atoms with Crippen molar-refractivity contribution in [1.29, 1.82) is 0 Å². The number of para-hydroxylation sites is 2. The van der Waals surface area contributed by atoms with Crippen LogP contribution in [0.1, 0.15) is 138 Å². The number of benzene rings is 7. The highest BCUT2D eigenvalue weighted by molar-refractivity contribution is 9.11. The lowest BCUT2D eigenvalue weighted by atomic mass is 9.81. The molecule has 7 aromatic carbocycles. The molecule has 5 nitrogen and oxygen atoms in total. The molecule has 0 bridgehead atoms. The summed E-state index contributed by atoms with van der Waals surface area (Å²) in [6.45, 7) is 17.6. The van der Waals surface area contributed by atoms with Gasteiger partial charge in [0.1, 0.15) is 0 Å². The van der Waals surface area contributed by atoms with E-state index in [-0.39, 0.29) is 41.4 Å². The number of halogens is 2. The Hall–Kier alpha value is -4.59. The first-order chi connectivity index (χ1) is 26.2. The van der Waals surface area contributed by atoms with Gasteiger partial charge in [-0.15, -0.1) is 0 Å². The molecule has 55 heavy (non-hydrogen) atoms. The van der Waals surface area contributed by atoms with E-state index in [1.165, 1.54) is 16.0 Å². The molecule has 0 saturated carbocycles. The highest BCUT2D eigenvalue weighted by Gasteiger charge is 2.39. The molecule has 0 fully saturated rings. The zero-order chi connectivity index (χ0) is 38.9. The van der Waals surface area contributed by atoms with Crippen molar-refractivity contribution in [2.24, 2.45) is 0 Å². The van der Waals surface area contributed by atoms with Gasteiger partial charge in [0.2, 0.25) is 0 Å². The lowest BCUT2D eigenvalue weighted by molar-refractivity contribution is 0.0891. The summed E-state index contributed by atoms with van der Waals surface area (Å²) in [6, 6.07) is 24.5. The second kappa shape index (κ2) is 12.7. The SMILES string of the molecule is CC(C)c1cccc(C(C)C)c1N1Cc2cc(Br)c3c4ccc5c6c(cc(Br)c(c7ccc(c2c73)C1=O)c64)C(=O)N(c1c(C(C)C)cccc1C(C)C)C5=O. The van der Waals surface area contributed by atoms with Gasteiger partial charge in [0.05, 0.1) is 23.5 Å². The first kappa shape index (κ1) is 36.1. The third kappa shape index (κ3) is 4.98. The zero-order valence-corrected chi connectivity index (χ0v) is 35.5. The van der Waals surface area contributed by atoms with Gasteiger partial charge in [0.25, 0.3) is 17.7 Å². The molecule has 0 aliphatic carbocycles. The molecule has 0 N–H and O–H groups in total. The van der Waals surface area contributed by atoms with Gasteiger partial charge >= 0.3 is 0 Å². The van der Waals surface area contributed by atoms with Crippen molar-refractivity contribution in [1.82, 2.24) is 0 Å². The molecule has 0 saturated heterocycles. The number of amides is 3. The monoisotopic (exact) mass is 852 g/mol. The smallest absolute Gasteiger partial charge is 0.266 e. The van der Waals surface area contributed by atoms with Crippen molar-refractivity contribution in [3.05, 3.63) is 126 Å². The van der Waals surface area contributed by atoms with Crippen molar-refractivity contribution in [2.75, 3.05) is 9.80 Å². The van der Waals surface area contributed by atoms with E-state index in [0.717, 1.165) is 69.0 Å². The van der Waals surface area contributed by atoms with Crippen LogP contribution in [0, 0.1) is 0 Å². The molecule has 0 unspecified atom stereocenters. The van der Waals surface area contributed by atoms with Gasteiger partial charge in [0, 0.05) is 47.0 Å². The second-order valence-corrected chi connectivity index (χ2v) is 18.2. The predicted octanol–water partition coefficient (Wildman–Crippen LogP) is 13.7. The normalized spacial score (nSPS) is 14.6. The van der Waals surface area contributed by atoms with Gasteiger partial charge in [-0.05, 0) is 91.9 Å². The fourth-order valence-corrected chi connectivity index (χ4v) is 10.8. The molecule has 0 aromatic heterocycles. The molecule has 3 amide bonds. The van der Waals surface area contributed by atoms with E-state index in [1.54, 1.807) is 0 Å². The second-order valence-electron chi connectivity index (χ2n) is 16.5. The van der Waals surface area contributed by atoms with Gasteiger partial charge in [-0.3, -0.25) is 14.4 Å². The van der Waals surface area contributed by atoms with Crippen LogP contribution in [0.4, 0.5) is 11.4 Å². The van der Waals surface area contributed by atoms with E-state index in [0.29, 0.717) is 34.3 Å². The fraction of sp³-hybridized carbons (Fsp3) is 0.271. The maximum absolute atomic E-state index is 14.8. The number of hydrogen-bond donors (Lipinski definition) is 0. The molecule has 7 aromatic rings. The summed E-state index contributed by atoms with van der Waals surface area (Å²) < 4.78 is 1.69. The third-order valence-electron chi connectivity index (χ3n) is 11.9. The average Bonchev–Trinajstić information content (AvgIpc) is 3.15. The van der Waals surface area contributed by atoms with Crippen LogP contribution in [0.2, 0.25) is 0 Å². The van der Waals surface area contributed by atoms with E-state index in [1.807, 2.05) is 47.4 Å². The van der Waals surface area contributed by atoms with E-state index in [9.17, 15) is 14.4 Å². The Morgan fingerprint density at radius 2 is 0.909 bits per heavy atom. The third-order valence-corrected chi connectivity index (χ3v) is 13.2. The molecule has 0 radical (unpaired) electrons. The lowest BCUT2D eigenvalue weighted by Crippen LogP contribution is -2.41. The number of carbonyl (C=O) groups excluding carboxylic acids is 3. The number of fused-ring (bicyclic) bond motifs is 2. The van der Waals surface area contributed by atoms with Crippen LogP contribution in [-0.2, 0) is 6.54 Å². The van der Waals surface area contributed by atoms with E-state index < -0.39 is 0 Å². The number of carbonyl (C=O) groups is 3. The Balaban J connectivity index is 1.31. The molecule has 2 aliphatic rings. The molecular formula is C48H42Br2N2O3. The summed E-state index contributed by atoms with van der Waals surface area (Å²) in [5.41, 5.74) is 8.75. The molecule has 276 valence electrons. The van der Waals surface area contributed by atoms with Gasteiger partial charge in [-0.1, -0.05) is 136 Å². The fourth-order valence-electron chi connectivity index (χ4n) is 9.44. The van der Waals surface area contributed by atoms with E-state index in [4.69, 9.17) is 0 Å². The number of rotatable bonds is 6. The molecule has 2 heterocycles. The average molecular weight is 855 g/mol. The number of hydrogen-bond acceptors (Lipinski definition) is 3. The Bertz CT molecular complexity index is 2800. The van der Waals surface area contributed by atoms with Crippen molar-refractivity contribution >= 4 is 104 Å². The van der Waals surface area contributed by atoms with E-state index >= 15 is 0 Å². The topological polar surface area (TPSA) is 57.7 Å². The van der Waals surface area contributed by atoms with Crippen molar-refractivity contribution in [2.45, 2.75) is 85.6 Å². The Morgan fingerprint density at radius 3 is 1.42 bits per heavy atom. The standard InChI is InChI=1S/C48H42Br2N2O3/c1-22(2)27-11-9-12-28(23(3)4)44(27)51-21-26-19-36(49)40-32-16-18-34-39-35(20-37(50)41(43(32)39)31-15-17-33(46(51)53)38(26)42(31)40)48(55)52(47(34)54)45-29(24(5)6)13-10-14-30(45)25(7)8/h9-20,22-25H,21H2,1-8H3. The molecular weight excluding hydrogens is 812 g/mol. The Labute approximate surface area is 338 Å². The molecule has 9 rings (SSSR count). The first-order valence-electron chi connectivity index (χ1n) is 19.3. The van der Waals surface area contributed by atoms with Gasteiger partial charge in [-0.2, -0.15) is 0 Å². The van der Waals surface area contributed by atoms with Crippen LogP contribution in [0.3, 0.4) is 0 Å². The van der Waals surface area contributed by atoms with Gasteiger partial charge < -0.3 is 4.90 Å². The molecule has 7 heteroatoms. The predicted molar refractivity (Wildman–Crippen MR) is 234 cm³/mol. The Morgan fingerprint density at radius 1 is 0.473 bits per heavy atom. The summed E-state index contributed by atoms with van der Waals surface area (Å²) in [7, 11) is 0. The van der Waals surface area contributed by atoms with Crippen LogP contribution in [-0.4, -0.2) is 17.7 Å². The maximum Gasteiger partial charge on any atom is 0.266 e. The minimum Gasteiger partial charge on any atom is -0.303 e. The number of nitrogens with zero attached hydrogens (tertiary/aromatic N) is 2. The largest absolute Gasteiger partial charge is 0.303 e. The maximum atomic E-state index is 14.8. The van der Waals surface area contributed by atoms with Crippen LogP contribution in [0.25, 0.3) is 43.1 Å². The quantitative estimate of drug-likeness (QED) is 0.0951. The molecule has 0 atom stereocenters. The molecule has 2 aliphatic heterocycles. The number of imide groups is 1. The summed E-state index contributed by atoms with van der Waals surface area (Å²) in [6.07, 6.45) is 0. The van der Waals surface area contributed by atoms with Crippen molar-refractivity contribution < 1.29 is 14.4 Å². The molecule has 0 spiro atoms. The highest BCUT2D eigenvalue weighted by Crippen LogP contribution is 2.52. The zero-order valence-electron chi connectivity index (χ0n) is 32.3. The van der Waals surface area contributed by atoms with Gasteiger partial charge in [-0.25, -0.2) is 4.90 Å².